The van der Waals surface area contributed by atoms with E-state index in [2.05, 4.69) is 36.5 Å². The van der Waals surface area contributed by atoms with Crippen LogP contribution in [0.2, 0.25) is 0 Å². The Morgan fingerprint density at radius 1 is 1.18 bits per heavy atom. The van der Waals surface area contributed by atoms with Crippen molar-refractivity contribution in [2.45, 2.75) is 19.8 Å². The van der Waals surface area contributed by atoms with Crippen LogP contribution in [0.15, 0.2) is 24.3 Å². The summed E-state index contributed by atoms with van der Waals surface area (Å²) < 4.78 is 10.3. The Hall–Kier alpha value is -1.06. The van der Waals surface area contributed by atoms with Gasteiger partial charge in [-0.3, -0.25) is 0 Å². The molecule has 1 aromatic rings. The lowest BCUT2D eigenvalue weighted by Crippen LogP contribution is -2.08. The molecule has 0 fully saturated rings. The number of hydrogen-bond acceptors (Lipinski definition) is 3. The second-order valence-electron chi connectivity index (χ2n) is 3.94. The first-order chi connectivity index (χ1) is 8.36. The van der Waals surface area contributed by atoms with Crippen LogP contribution in [0.25, 0.3) is 0 Å². The van der Waals surface area contributed by atoms with Gasteiger partial charge < -0.3 is 14.8 Å². The van der Waals surface area contributed by atoms with Crippen molar-refractivity contribution in [2.75, 3.05) is 38.8 Å². The van der Waals surface area contributed by atoms with Crippen LogP contribution in [0.5, 0.6) is 0 Å². The van der Waals surface area contributed by atoms with Crippen LogP contribution in [0.3, 0.4) is 0 Å². The van der Waals surface area contributed by atoms with Crippen LogP contribution in [0, 0.1) is 0 Å². The van der Waals surface area contributed by atoms with Gasteiger partial charge in [0.2, 0.25) is 0 Å². The molecule has 1 aromatic carbocycles. The second kappa shape index (κ2) is 9.02. The highest BCUT2D eigenvalue weighted by atomic mass is 16.5. The highest BCUT2D eigenvalue weighted by Crippen LogP contribution is 2.10. The van der Waals surface area contributed by atoms with Crippen molar-refractivity contribution < 1.29 is 9.47 Å². The summed E-state index contributed by atoms with van der Waals surface area (Å²) in [4.78, 5) is 0. The summed E-state index contributed by atoms with van der Waals surface area (Å²) in [5.41, 5.74) is 2.56. The molecule has 0 radical (unpaired) electrons. The Morgan fingerprint density at radius 3 is 2.82 bits per heavy atom. The number of ether oxygens (including phenoxy) is 2. The minimum Gasteiger partial charge on any atom is -0.385 e. The van der Waals surface area contributed by atoms with Gasteiger partial charge in [0.05, 0.1) is 13.2 Å². The van der Waals surface area contributed by atoms with Crippen LogP contribution in [0.1, 0.15) is 18.9 Å². The summed E-state index contributed by atoms with van der Waals surface area (Å²) in [6.45, 7) is 5.25. The molecule has 0 bridgehead atoms. The highest BCUT2D eigenvalue weighted by Gasteiger charge is 1.94. The Kier molecular flexibility index (Phi) is 7.43. The fourth-order valence-corrected chi connectivity index (χ4v) is 1.55. The Balaban J connectivity index is 2.09. The van der Waals surface area contributed by atoms with Gasteiger partial charge in [-0.05, 0) is 30.5 Å². The molecule has 0 amide bonds. The van der Waals surface area contributed by atoms with Gasteiger partial charge in [-0.15, -0.1) is 0 Å². The SMILES string of the molecule is CCc1cccc(NCCCOCCOC)c1. The van der Waals surface area contributed by atoms with E-state index in [4.69, 9.17) is 9.47 Å². The maximum Gasteiger partial charge on any atom is 0.0700 e. The molecule has 0 aliphatic heterocycles. The summed E-state index contributed by atoms with van der Waals surface area (Å²) in [5.74, 6) is 0. The van der Waals surface area contributed by atoms with E-state index >= 15 is 0 Å². The van der Waals surface area contributed by atoms with E-state index in [-0.39, 0.29) is 0 Å². The molecule has 0 saturated carbocycles. The van der Waals surface area contributed by atoms with Crippen molar-refractivity contribution >= 4 is 5.69 Å². The summed E-state index contributed by atoms with van der Waals surface area (Å²) >= 11 is 0. The van der Waals surface area contributed by atoms with Gasteiger partial charge in [0, 0.05) is 25.9 Å². The fraction of sp³-hybridized carbons (Fsp3) is 0.571. The number of benzene rings is 1. The lowest BCUT2D eigenvalue weighted by Gasteiger charge is -2.08. The van der Waals surface area contributed by atoms with Crippen molar-refractivity contribution in [3.63, 3.8) is 0 Å². The largest absolute Gasteiger partial charge is 0.385 e. The number of aryl methyl sites for hydroxylation is 1. The maximum atomic E-state index is 5.39. The minimum absolute atomic E-state index is 0.673. The Labute approximate surface area is 104 Å². The van der Waals surface area contributed by atoms with Gasteiger partial charge in [-0.2, -0.15) is 0 Å². The Morgan fingerprint density at radius 2 is 2.06 bits per heavy atom. The molecule has 0 spiro atoms. The van der Waals surface area contributed by atoms with E-state index in [1.165, 1.54) is 11.3 Å². The average Bonchev–Trinajstić information content (AvgIpc) is 2.38. The molecule has 17 heavy (non-hydrogen) atoms. The molecule has 0 unspecified atom stereocenters. The molecule has 3 nitrogen and oxygen atoms in total. The van der Waals surface area contributed by atoms with E-state index in [9.17, 15) is 0 Å². The van der Waals surface area contributed by atoms with E-state index in [0.29, 0.717) is 13.2 Å². The molecular formula is C14H23NO2. The highest BCUT2D eigenvalue weighted by molar-refractivity contribution is 5.45. The van der Waals surface area contributed by atoms with Gasteiger partial charge in [0.25, 0.3) is 0 Å². The van der Waals surface area contributed by atoms with Crippen LogP contribution in [-0.4, -0.2) is 33.5 Å². The standard InChI is InChI=1S/C14H23NO2/c1-3-13-6-4-7-14(12-13)15-8-5-9-17-11-10-16-2/h4,6-7,12,15H,3,5,8-11H2,1-2H3. The van der Waals surface area contributed by atoms with Gasteiger partial charge in [-0.1, -0.05) is 19.1 Å². The maximum absolute atomic E-state index is 5.39. The minimum atomic E-state index is 0.673. The van der Waals surface area contributed by atoms with E-state index in [1.807, 2.05) is 0 Å². The van der Waals surface area contributed by atoms with E-state index in [1.54, 1.807) is 7.11 Å². The first-order valence-electron chi connectivity index (χ1n) is 6.26. The number of rotatable bonds is 9. The quantitative estimate of drug-likeness (QED) is 0.670. The third-order valence-corrected chi connectivity index (χ3v) is 2.56. The number of anilines is 1. The summed E-state index contributed by atoms with van der Waals surface area (Å²) in [7, 11) is 1.69. The first-order valence-corrected chi connectivity index (χ1v) is 6.26. The molecule has 3 heteroatoms. The molecular weight excluding hydrogens is 214 g/mol. The van der Waals surface area contributed by atoms with E-state index in [0.717, 1.165) is 26.0 Å². The zero-order valence-electron chi connectivity index (χ0n) is 10.9. The average molecular weight is 237 g/mol. The molecule has 0 saturated heterocycles. The fourth-order valence-electron chi connectivity index (χ4n) is 1.55. The smallest absolute Gasteiger partial charge is 0.0700 e. The predicted molar refractivity (Wildman–Crippen MR) is 71.6 cm³/mol. The van der Waals surface area contributed by atoms with E-state index < -0.39 is 0 Å². The third-order valence-electron chi connectivity index (χ3n) is 2.56. The van der Waals surface area contributed by atoms with Crippen LogP contribution < -0.4 is 5.32 Å². The Bertz CT molecular complexity index is 302. The normalized spacial score (nSPS) is 10.5. The van der Waals surface area contributed by atoms with Crippen LogP contribution >= 0.6 is 0 Å². The summed E-state index contributed by atoms with van der Waals surface area (Å²) in [5, 5.41) is 3.40. The van der Waals surface area contributed by atoms with Crippen LogP contribution in [0.4, 0.5) is 5.69 Å². The number of methoxy groups -OCH3 is 1. The molecule has 1 rings (SSSR count). The van der Waals surface area contributed by atoms with Gasteiger partial charge in [0.1, 0.15) is 0 Å². The second-order valence-corrected chi connectivity index (χ2v) is 3.94. The van der Waals surface area contributed by atoms with Gasteiger partial charge >= 0.3 is 0 Å². The molecule has 1 N–H and O–H groups in total. The molecule has 0 atom stereocenters. The molecule has 0 heterocycles. The topological polar surface area (TPSA) is 30.5 Å². The first kappa shape index (κ1) is 14.0. The molecule has 0 aliphatic carbocycles. The van der Waals surface area contributed by atoms with Crippen molar-refractivity contribution in [3.05, 3.63) is 29.8 Å². The van der Waals surface area contributed by atoms with Crippen molar-refractivity contribution in [2.24, 2.45) is 0 Å². The van der Waals surface area contributed by atoms with Crippen molar-refractivity contribution in [1.82, 2.24) is 0 Å². The molecule has 0 aliphatic rings. The van der Waals surface area contributed by atoms with Crippen LogP contribution in [-0.2, 0) is 15.9 Å². The van der Waals surface area contributed by atoms with Gasteiger partial charge in [-0.25, -0.2) is 0 Å². The summed E-state index contributed by atoms with van der Waals surface area (Å²) in [6.07, 6.45) is 2.09. The van der Waals surface area contributed by atoms with Gasteiger partial charge in [0.15, 0.2) is 0 Å². The number of hydrogen-bond donors (Lipinski definition) is 1. The predicted octanol–water partition coefficient (Wildman–Crippen LogP) is 2.71. The lowest BCUT2D eigenvalue weighted by atomic mass is 10.1. The molecule has 0 aromatic heterocycles. The third kappa shape index (κ3) is 6.29. The van der Waals surface area contributed by atoms with Crippen molar-refractivity contribution in [3.8, 4) is 0 Å². The molecule has 96 valence electrons. The monoisotopic (exact) mass is 237 g/mol. The van der Waals surface area contributed by atoms with Crippen molar-refractivity contribution in [1.29, 1.82) is 0 Å². The zero-order chi connectivity index (χ0) is 12.3. The lowest BCUT2D eigenvalue weighted by molar-refractivity contribution is 0.0705. The number of nitrogens with one attached hydrogen (secondary N) is 1. The summed E-state index contributed by atoms with van der Waals surface area (Å²) in [6, 6.07) is 8.55. The zero-order valence-corrected chi connectivity index (χ0v) is 10.9.